The standard InChI is InChI=1S/C22H27N3O2S/c1-17-10-12-19(13-11-17)24-21(26)15-28-16-22(27)25-14-6-5-9-20(25)23-18-7-3-2-4-8-18/h5-6,9-14,18H,2-4,7-8,15-16H2,1H3,(H,24,26). The predicted octanol–water partition coefficient (Wildman–Crippen LogP) is 4.04. The summed E-state index contributed by atoms with van der Waals surface area (Å²) >= 11 is 1.32. The van der Waals surface area contributed by atoms with E-state index < -0.39 is 0 Å². The topological polar surface area (TPSA) is 63.5 Å². The third-order valence-corrected chi connectivity index (χ3v) is 5.71. The lowest BCUT2D eigenvalue weighted by molar-refractivity contribution is -0.113. The molecule has 1 saturated carbocycles. The van der Waals surface area contributed by atoms with Crippen molar-refractivity contribution in [2.45, 2.75) is 45.1 Å². The van der Waals surface area contributed by atoms with Crippen LogP contribution < -0.4 is 10.8 Å². The molecule has 0 atom stereocenters. The second kappa shape index (κ2) is 10.3. The van der Waals surface area contributed by atoms with Crippen LogP contribution in [0.5, 0.6) is 0 Å². The monoisotopic (exact) mass is 397 g/mol. The Kier molecular flexibility index (Phi) is 7.48. The zero-order chi connectivity index (χ0) is 19.8. The highest BCUT2D eigenvalue weighted by atomic mass is 32.2. The first-order valence-electron chi connectivity index (χ1n) is 9.81. The summed E-state index contributed by atoms with van der Waals surface area (Å²) in [5, 5.41) is 2.85. The second-order valence-electron chi connectivity index (χ2n) is 7.15. The first-order chi connectivity index (χ1) is 13.6. The molecule has 1 N–H and O–H groups in total. The number of hydrogen-bond acceptors (Lipinski definition) is 4. The Morgan fingerprint density at radius 2 is 1.82 bits per heavy atom. The van der Waals surface area contributed by atoms with Gasteiger partial charge in [-0.1, -0.05) is 43.0 Å². The van der Waals surface area contributed by atoms with Gasteiger partial charge in [-0.3, -0.25) is 19.1 Å². The summed E-state index contributed by atoms with van der Waals surface area (Å²) in [5.74, 6) is 0.320. The van der Waals surface area contributed by atoms with Gasteiger partial charge in [-0.25, -0.2) is 0 Å². The van der Waals surface area contributed by atoms with Crippen LogP contribution in [0.1, 0.15) is 42.5 Å². The molecule has 0 saturated heterocycles. The van der Waals surface area contributed by atoms with Gasteiger partial charge >= 0.3 is 0 Å². The first kappa shape index (κ1) is 20.4. The van der Waals surface area contributed by atoms with Crippen LogP contribution in [0.25, 0.3) is 0 Å². The van der Waals surface area contributed by atoms with Crippen molar-refractivity contribution in [2.75, 3.05) is 16.8 Å². The summed E-state index contributed by atoms with van der Waals surface area (Å²) in [7, 11) is 0. The van der Waals surface area contributed by atoms with Crippen molar-refractivity contribution in [3.8, 4) is 0 Å². The van der Waals surface area contributed by atoms with E-state index in [1.807, 2.05) is 49.4 Å². The molecule has 5 nitrogen and oxygen atoms in total. The molecule has 2 aromatic rings. The average molecular weight is 398 g/mol. The second-order valence-corrected chi connectivity index (χ2v) is 8.14. The van der Waals surface area contributed by atoms with Crippen LogP contribution >= 0.6 is 11.8 Å². The highest BCUT2D eigenvalue weighted by molar-refractivity contribution is 8.00. The smallest absolute Gasteiger partial charge is 0.242 e. The summed E-state index contributed by atoms with van der Waals surface area (Å²) in [6.07, 6.45) is 7.65. The minimum atomic E-state index is -0.105. The van der Waals surface area contributed by atoms with Crippen molar-refractivity contribution in [1.82, 2.24) is 4.57 Å². The Morgan fingerprint density at radius 3 is 2.57 bits per heavy atom. The Balaban J connectivity index is 1.54. The SMILES string of the molecule is Cc1ccc(NC(=O)CSCC(=O)n2ccccc2=NC2CCCCC2)cc1. The predicted molar refractivity (Wildman–Crippen MR) is 115 cm³/mol. The van der Waals surface area contributed by atoms with E-state index >= 15 is 0 Å². The molecule has 0 bridgehead atoms. The molecule has 1 aliphatic carbocycles. The normalized spacial score (nSPS) is 15.4. The number of pyridine rings is 1. The highest BCUT2D eigenvalue weighted by Gasteiger charge is 2.13. The maximum Gasteiger partial charge on any atom is 0.242 e. The van der Waals surface area contributed by atoms with Gasteiger partial charge < -0.3 is 5.32 Å². The van der Waals surface area contributed by atoms with Crippen molar-refractivity contribution < 1.29 is 9.59 Å². The Bertz CT molecular complexity index is 868. The number of amides is 1. The van der Waals surface area contributed by atoms with Crippen molar-refractivity contribution in [2.24, 2.45) is 4.99 Å². The number of carbonyl (C=O) groups is 2. The van der Waals surface area contributed by atoms with Crippen LogP contribution in [0, 0.1) is 6.92 Å². The fourth-order valence-electron chi connectivity index (χ4n) is 3.28. The van der Waals surface area contributed by atoms with Crippen LogP contribution in [-0.2, 0) is 4.79 Å². The third kappa shape index (κ3) is 6.09. The number of benzene rings is 1. The zero-order valence-corrected chi connectivity index (χ0v) is 17.1. The molecule has 6 heteroatoms. The largest absolute Gasteiger partial charge is 0.325 e. The number of carbonyl (C=O) groups excluding carboxylic acids is 2. The van der Waals surface area contributed by atoms with Crippen molar-refractivity contribution in [3.05, 3.63) is 59.7 Å². The lowest BCUT2D eigenvalue weighted by Crippen LogP contribution is -2.30. The van der Waals surface area contributed by atoms with E-state index in [4.69, 9.17) is 4.99 Å². The number of thioether (sulfide) groups is 1. The summed E-state index contributed by atoms with van der Waals surface area (Å²) in [5.41, 5.74) is 2.63. The minimum Gasteiger partial charge on any atom is -0.325 e. The van der Waals surface area contributed by atoms with Gasteiger partial charge in [-0.2, -0.15) is 0 Å². The van der Waals surface area contributed by atoms with Crippen LogP contribution in [-0.4, -0.2) is 33.9 Å². The maximum atomic E-state index is 12.6. The van der Waals surface area contributed by atoms with Gasteiger partial charge in [0, 0.05) is 11.9 Å². The molecule has 28 heavy (non-hydrogen) atoms. The average Bonchev–Trinajstić information content (AvgIpc) is 2.71. The van der Waals surface area contributed by atoms with Crippen molar-refractivity contribution in [1.29, 1.82) is 0 Å². The van der Waals surface area contributed by atoms with E-state index in [9.17, 15) is 9.59 Å². The number of rotatable bonds is 6. The van der Waals surface area contributed by atoms with E-state index in [2.05, 4.69) is 5.32 Å². The molecule has 148 valence electrons. The summed E-state index contributed by atoms with van der Waals surface area (Å²) in [6, 6.07) is 13.6. The highest BCUT2D eigenvalue weighted by Crippen LogP contribution is 2.19. The minimum absolute atomic E-state index is 0.0525. The van der Waals surface area contributed by atoms with E-state index in [-0.39, 0.29) is 23.3 Å². The van der Waals surface area contributed by atoms with Crippen LogP contribution in [0.4, 0.5) is 5.69 Å². The molecule has 1 aromatic carbocycles. The van der Waals surface area contributed by atoms with Gasteiger partial charge in [0.05, 0.1) is 17.5 Å². The van der Waals surface area contributed by atoms with Gasteiger partial charge in [-0.05, 0) is 44.0 Å². The molecule has 1 fully saturated rings. The molecule has 1 aromatic heterocycles. The maximum absolute atomic E-state index is 12.6. The first-order valence-corrected chi connectivity index (χ1v) is 11.0. The number of anilines is 1. The van der Waals surface area contributed by atoms with E-state index in [0.29, 0.717) is 11.5 Å². The number of nitrogens with one attached hydrogen (secondary N) is 1. The molecule has 3 rings (SSSR count). The zero-order valence-electron chi connectivity index (χ0n) is 16.3. The van der Waals surface area contributed by atoms with Gasteiger partial charge in [0.1, 0.15) is 5.49 Å². The molecular formula is C22H27N3O2S. The summed E-state index contributed by atoms with van der Waals surface area (Å²) in [6.45, 7) is 2.00. The van der Waals surface area contributed by atoms with Gasteiger partial charge in [-0.15, -0.1) is 11.8 Å². The van der Waals surface area contributed by atoms with Crippen LogP contribution in [0.3, 0.4) is 0 Å². The Hall–Kier alpha value is -2.34. The fourth-order valence-corrected chi connectivity index (χ4v) is 3.96. The molecule has 1 aliphatic rings. The molecule has 1 amide bonds. The quantitative estimate of drug-likeness (QED) is 0.800. The molecule has 0 unspecified atom stereocenters. The lowest BCUT2D eigenvalue weighted by Gasteiger charge is -2.17. The third-order valence-electron chi connectivity index (χ3n) is 4.79. The number of hydrogen-bond donors (Lipinski definition) is 1. The van der Waals surface area contributed by atoms with E-state index in [1.54, 1.807) is 10.8 Å². The Morgan fingerprint density at radius 1 is 1.07 bits per heavy atom. The molecule has 0 spiro atoms. The van der Waals surface area contributed by atoms with Gasteiger partial charge in [0.15, 0.2) is 0 Å². The van der Waals surface area contributed by atoms with E-state index in [1.165, 1.54) is 31.0 Å². The van der Waals surface area contributed by atoms with E-state index in [0.717, 1.165) is 24.1 Å². The number of nitrogens with zero attached hydrogens (tertiary/aromatic N) is 2. The molecule has 0 aliphatic heterocycles. The molecular weight excluding hydrogens is 370 g/mol. The lowest BCUT2D eigenvalue weighted by atomic mass is 9.96. The fraction of sp³-hybridized carbons (Fsp3) is 0.409. The van der Waals surface area contributed by atoms with Crippen LogP contribution in [0.15, 0.2) is 53.7 Å². The summed E-state index contributed by atoms with van der Waals surface area (Å²) in [4.78, 5) is 29.5. The molecule has 1 heterocycles. The number of aromatic nitrogens is 1. The summed E-state index contributed by atoms with van der Waals surface area (Å²) < 4.78 is 1.61. The van der Waals surface area contributed by atoms with Crippen LogP contribution in [0.2, 0.25) is 0 Å². The number of aryl methyl sites for hydroxylation is 1. The van der Waals surface area contributed by atoms with Crippen molar-refractivity contribution in [3.63, 3.8) is 0 Å². The Labute approximate surface area is 170 Å². The molecule has 0 radical (unpaired) electrons. The van der Waals surface area contributed by atoms with Crippen molar-refractivity contribution >= 4 is 29.3 Å². The van der Waals surface area contributed by atoms with Gasteiger partial charge in [0.25, 0.3) is 0 Å². The van der Waals surface area contributed by atoms with Gasteiger partial charge in [0.2, 0.25) is 11.8 Å².